The lowest BCUT2D eigenvalue weighted by Gasteiger charge is -1.95. The van der Waals surface area contributed by atoms with E-state index < -0.39 is 6.03 Å². The minimum absolute atomic E-state index is 0.446. The van der Waals surface area contributed by atoms with Crippen LogP contribution in [-0.2, 0) is 0 Å². The normalized spacial score (nSPS) is 13.6. The molecule has 0 saturated heterocycles. The van der Waals surface area contributed by atoms with E-state index in [9.17, 15) is 4.79 Å². The fraction of sp³-hybridized carbons (Fsp3) is 0.125. The van der Waals surface area contributed by atoms with Gasteiger partial charge in [-0.05, 0) is 19.1 Å². The first-order valence-corrected chi connectivity index (χ1v) is 3.55. The third-order valence-corrected chi connectivity index (χ3v) is 1.88. The number of rotatable bonds is 0. The number of nitrogen functional groups attached to an aromatic ring is 1. The van der Waals surface area contributed by atoms with E-state index in [2.05, 4.69) is 9.98 Å². The fourth-order valence-corrected chi connectivity index (χ4v) is 1.16. The van der Waals surface area contributed by atoms with Crippen LogP contribution in [-0.4, -0.2) is 6.03 Å². The summed E-state index contributed by atoms with van der Waals surface area (Å²) < 4.78 is 0. The zero-order valence-corrected chi connectivity index (χ0v) is 6.53. The molecule has 0 atom stereocenters. The SMILES string of the molecule is Cc1c(N)ccc2c1=NC(=O)N=2. The zero-order chi connectivity index (χ0) is 8.72. The summed E-state index contributed by atoms with van der Waals surface area (Å²) >= 11 is 0. The summed E-state index contributed by atoms with van der Waals surface area (Å²) in [6, 6.07) is 2.98. The van der Waals surface area contributed by atoms with Gasteiger partial charge in [-0.1, -0.05) is 0 Å². The molecule has 4 nitrogen and oxygen atoms in total. The molecule has 0 spiro atoms. The number of carbonyl (C=O) groups is 1. The van der Waals surface area contributed by atoms with Crippen molar-refractivity contribution in [3.63, 3.8) is 0 Å². The second kappa shape index (κ2) is 2.14. The Morgan fingerprint density at radius 1 is 1.33 bits per heavy atom. The van der Waals surface area contributed by atoms with Gasteiger partial charge in [-0.2, -0.15) is 9.98 Å². The molecule has 0 saturated carbocycles. The number of nitrogens with zero attached hydrogens (tertiary/aromatic N) is 2. The van der Waals surface area contributed by atoms with Crippen LogP contribution >= 0.6 is 0 Å². The number of benzene rings is 1. The van der Waals surface area contributed by atoms with Crippen LogP contribution < -0.4 is 16.4 Å². The van der Waals surface area contributed by atoms with Gasteiger partial charge in [0.05, 0.1) is 10.7 Å². The van der Waals surface area contributed by atoms with E-state index in [0.29, 0.717) is 16.4 Å². The number of amides is 2. The van der Waals surface area contributed by atoms with E-state index in [0.717, 1.165) is 5.56 Å². The van der Waals surface area contributed by atoms with E-state index in [1.807, 2.05) is 6.92 Å². The molecule has 0 unspecified atom stereocenters. The molecule has 4 heteroatoms. The number of carbonyl (C=O) groups excluding carboxylic acids is 1. The Labute approximate surface area is 68.4 Å². The monoisotopic (exact) mass is 161 g/mol. The van der Waals surface area contributed by atoms with Crippen molar-refractivity contribution in [1.29, 1.82) is 0 Å². The van der Waals surface area contributed by atoms with Crippen molar-refractivity contribution in [2.45, 2.75) is 6.92 Å². The van der Waals surface area contributed by atoms with Crippen molar-refractivity contribution in [2.75, 3.05) is 5.73 Å². The first-order valence-electron chi connectivity index (χ1n) is 3.55. The Morgan fingerprint density at radius 2 is 2.08 bits per heavy atom. The van der Waals surface area contributed by atoms with Crippen molar-refractivity contribution in [1.82, 2.24) is 0 Å². The molecule has 2 N–H and O–H groups in total. The predicted molar refractivity (Wildman–Crippen MR) is 43.3 cm³/mol. The van der Waals surface area contributed by atoms with Crippen molar-refractivity contribution >= 4 is 11.7 Å². The number of fused-ring (bicyclic) bond motifs is 1. The molecule has 1 aliphatic rings. The van der Waals surface area contributed by atoms with Crippen molar-refractivity contribution in [3.05, 3.63) is 28.4 Å². The summed E-state index contributed by atoms with van der Waals surface area (Å²) in [5.41, 5.74) is 7.09. The molecule has 2 rings (SSSR count). The standard InChI is InChI=1S/C8H7N3O/c1-4-5(9)2-3-6-7(4)11-8(12)10-6/h2-3H,9H2,1H3. The molecule has 0 bridgehead atoms. The highest BCUT2D eigenvalue weighted by atomic mass is 16.2. The Hall–Kier alpha value is -1.71. The van der Waals surface area contributed by atoms with E-state index in [1.165, 1.54) is 0 Å². The highest BCUT2D eigenvalue weighted by Crippen LogP contribution is 2.01. The molecule has 1 aliphatic heterocycles. The molecule has 1 aromatic carbocycles. The predicted octanol–water partition coefficient (Wildman–Crippen LogP) is -0.0500. The second-order valence-electron chi connectivity index (χ2n) is 2.65. The summed E-state index contributed by atoms with van der Waals surface area (Å²) in [5.74, 6) is 0. The smallest absolute Gasteiger partial charge is 0.368 e. The molecule has 2 amide bonds. The Balaban J connectivity index is 2.96. The minimum atomic E-state index is -0.446. The van der Waals surface area contributed by atoms with Crippen LogP contribution in [0.5, 0.6) is 0 Å². The molecule has 0 aromatic heterocycles. The van der Waals surface area contributed by atoms with Gasteiger partial charge in [0.25, 0.3) is 0 Å². The molecule has 0 radical (unpaired) electrons. The van der Waals surface area contributed by atoms with Gasteiger partial charge in [-0.25, -0.2) is 4.79 Å². The summed E-state index contributed by atoms with van der Waals surface area (Å²) in [5, 5.41) is 1.23. The Morgan fingerprint density at radius 3 is 2.83 bits per heavy atom. The topological polar surface area (TPSA) is 67.8 Å². The van der Waals surface area contributed by atoms with Gasteiger partial charge in [-0.3, -0.25) is 0 Å². The van der Waals surface area contributed by atoms with Gasteiger partial charge in [-0.15, -0.1) is 0 Å². The zero-order valence-electron chi connectivity index (χ0n) is 6.53. The number of hydrogen-bond acceptors (Lipinski definition) is 2. The largest absolute Gasteiger partial charge is 0.398 e. The van der Waals surface area contributed by atoms with Crippen molar-refractivity contribution in [3.8, 4) is 0 Å². The van der Waals surface area contributed by atoms with Crippen LogP contribution in [0.3, 0.4) is 0 Å². The van der Waals surface area contributed by atoms with Crippen LogP contribution in [0.2, 0.25) is 0 Å². The maximum atomic E-state index is 10.8. The molecule has 1 heterocycles. The van der Waals surface area contributed by atoms with Gasteiger partial charge in [0.2, 0.25) is 0 Å². The Kier molecular flexibility index (Phi) is 1.24. The van der Waals surface area contributed by atoms with Gasteiger partial charge < -0.3 is 5.73 Å². The molecular weight excluding hydrogens is 154 g/mol. The van der Waals surface area contributed by atoms with Crippen LogP contribution in [0, 0.1) is 6.92 Å². The molecule has 1 aromatic rings. The molecule has 60 valence electrons. The van der Waals surface area contributed by atoms with E-state index in [-0.39, 0.29) is 0 Å². The highest BCUT2D eigenvalue weighted by molar-refractivity contribution is 5.77. The van der Waals surface area contributed by atoms with E-state index >= 15 is 0 Å². The average Bonchev–Trinajstić information content (AvgIpc) is 2.39. The van der Waals surface area contributed by atoms with Gasteiger partial charge in [0.1, 0.15) is 0 Å². The van der Waals surface area contributed by atoms with Crippen molar-refractivity contribution in [2.24, 2.45) is 9.98 Å². The maximum Gasteiger partial charge on any atom is 0.368 e. The average molecular weight is 161 g/mol. The minimum Gasteiger partial charge on any atom is -0.398 e. The summed E-state index contributed by atoms with van der Waals surface area (Å²) in [6.45, 7) is 1.83. The first kappa shape index (κ1) is 6.97. The number of nitrogens with two attached hydrogens (primary N) is 1. The van der Waals surface area contributed by atoms with Crippen LogP contribution in [0.15, 0.2) is 22.1 Å². The van der Waals surface area contributed by atoms with Gasteiger partial charge in [0, 0.05) is 11.3 Å². The van der Waals surface area contributed by atoms with E-state index in [1.54, 1.807) is 12.1 Å². The lowest BCUT2D eigenvalue weighted by atomic mass is 10.2. The first-order chi connectivity index (χ1) is 5.68. The maximum absolute atomic E-state index is 10.8. The summed E-state index contributed by atoms with van der Waals surface area (Å²) in [4.78, 5) is 18.2. The summed E-state index contributed by atoms with van der Waals surface area (Å²) in [6.07, 6.45) is 0. The lowest BCUT2D eigenvalue weighted by Crippen LogP contribution is -2.25. The summed E-state index contributed by atoms with van der Waals surface area (Å²) in [7, 11) is 0. The third kappa shape index (κ3) is 0.812. The molecule has 0 aliphatic carbocycles. The number of anilines is 1. The molecule has 0 fully saturated rings. The lowest BCUT2D eigenvalue weighted by molar-refractivity contribution is 0.256. The quantitative estimate of drug-likeness (QED) is 0.542. The molecular formula is C8H7N3O. The highest BCUT2D eigenvalue weighted by Gasteiger charge is 2.07. The fourth-order valence-electron chi connectivity index (χ4n) is 1.16. The van der Waals surface area contributed by atoms with Gasteiger partial charge in [0.15, 0.2) is 0 Å². The number of hydrogen-bond donors (Lipinski definition) is 1. The van der Waals surface area contributed by atoms with Crippen LogP contribution in [0.25, 0.3) is 0 Å². The molecule has 12 heavy (non-hydrogen) atoms. The third-order valence-electron chi connectivity index (χ3n) is 1.88. The second-order valence-corrected chi connectivity index (χ2v) is 2.65. The van der Waals surface area contributed by atoms with Crippen LogP contribution in [0.4, 0.5) is 10.5 Å². The Bertz CT molecular complexity index is 476. The van der Waals surface area contributed by atoms with Crippen molar-refractivity contribution < 1.29 is 4.79 Å². The number of urea groups is 1. The van der Waals surface area contributed by atoms with E-state index in [4.69, 9.17) is 5.73 Å². The van der Waals surface area contributed by atoms with Crippen LogP contribution in [0.1, 0.15) is 5.56 Å². The van der Waals surface area contributed by atoms with Gasteiger partial charge >= 0.3 is 6.03 Å².